The Bertz CT molecular complexity index is 603. The van der Waals surface area contributed by atoms with E-state index in [9.17, 15) is 9.90 Å². The van der Waals surface area contributed by atoms with Crippen LogP contribution in [-0.2, 0) is 4.79 Å². The molecule has 0 spiro atoms. The van der Waals surface area contributed by atoms with Gasteiger partial charge in [-0.3, -0.25) is 0 Å². The molecule has 0 amide bonds. The van der Waals surface area contributed by atoms with Gasteiger partial charge in [-0.1, -0.05) is 35.3 Å². The first kappa shape index (κ1) is 13.1. The Labute approximate surface area is 118 Å². The molecule has 0 atom stereocenters. The van der Waals surface area contributed by atoms with Gasteiger partial charge in [-0.15, -0.1) is 11.3 Å². The molecule has 1 aromatic carbocycles. The van der Waals surface area contributed by atoms with E-state index >= 15 is 0 Å². The maximum atomic E-state index is 11.2. The summed E-state index contributed by atoms with van der Waals surface area (Å²) in [6.45, 7) is 0. The number of thiophene rings is 1. The molecule has 0 saturated carbocycles. The van der Waals surface area contributed by atoms with Crippen molar-refractivity contribution >= 4 is 52.2 Å². The van der Waals surface area contributed by atoms with Crippen LogP contribution in [0, 0.1) is 0 Å². The maximum Gasteiger partial charge on any atom is 0.337 e. The fourth-order valence-corrected chi connectivity index (χ4v) is 2.48. The molecule has 0 aliphatic rings. The lowest BCUT2D eigenvalue weighted by Crippen LogP contribution is -1.97. The quantitative estimate of drug-likeness (QED) is 0.835. The highest BCUT2D eigenvalue weighted by atomic mass is 35.5. The predicted octanol–water partition coefficient (Wildman–Crippen LogP) is 4.68. The zero-order valence-electron chi connectivity index (χ0n) is 9.06. The molecule has 2 rings (SSSR count). The van der Waals surface area contributed by atoms with Gasteiger partial charge in [-0.25, -0.2) is 4.79 Å². The zero-order valence-corrected chi connectivity index (χ0v) is 11.4. The monoisotopic (exact) mass is 298 g/mol. The van der Waals surface area contributed by atoms with Gasteiger partial charge in [-0.05, 0) is 35.2 Å². The lowest BCUT2D eigenvalue weighted by atomic mass is 10.1. The number of hydrogen-bond acceptors (Lipinski definition) is 2. The Morgan fingerprint density at radius 2 is 2.00 bits per heavy atom. The Morgan fingerprint density at radius 1 is 1.22 bits per heavy atom. The fraction of sp³-hybridized carbons (Fsp3) is 0. The molecule has 1 N–H and O–H groups in total. The van der Waals surface area contributed by atoms with Gasteiger partial charge in [0.2, 0.25) is 0 Å². The smallest absolute Gasteiger partial charge is 0.337 e. The molecule has 0 saturated heterocycles. The van der Waals surface area contributed by atoms with Crippen LogP contribution in [-0.4, -0.2) is 11.1 Å². The first-order valence-corrected chi connectivity index (χ1v) is 6.65. The van der Waals surface area contributed by atoms with Gasteiger partial charge in [0.15, 0.2) is 0 Å². The minimum Gasteiger partial charge on any atom is -0.478 e. The predicted molar refractivity (Wildman–Crippen MR) is 76.3 cm³/mol. The molecule has 0 radical (unpaired) electrons. The van der Waals surface area contributed by atoms with Crippen molar-refractivity contribution < 1.29 is 9.90 Å². The molecular weight excluding hydrogens is 291 g/mol. The third-order valence-corrected chi connectivity index (χ3v) is 3.91. The van der Waals surface area contributed by atoms with Crippen molar-refractivity contribution in [2.45, 2.75) is 0 Å². The van der Waals surface area contributed by atoms with Gasteiger partial charge in [0, 0.05) is 4.88 Å². The topological polar surface area (TPSA) is 37.3 Å². The van der Waals surface area contributed by atoms with Crippen LogP contribution in [0.5, 0.6) is 0 Å². The summed E-state index contributed by atoms with van der Waals surface area (Å²) in [6, 6.07) is 8.59. The van der Waals surface area contributed by atoms with Gasteiger partial charge < -0.3 is 5.11 Å². The highest BCUT2D eigenvalue weighted by Crippen LogP contribution is 2.27. The van der Waals surface area contributed by atoms with E-state index in [1.807, 2.05) is 11.4 Å². The molecule has 2 aromatic rings. The minimum atomic E-state index is -0.969. The van der Waals surface area contributed by atoms with Crippen LogP contribution in [0.4, 0.5) is 0 Å². The van der Waals surface area contributed by atoms with Crippen LogP contribution in [0.25, 0.3) is 11.6 Å². The van der Waals surface area contributed by atoms with Gasteiger partial charge in [0.05, 0.1) is 15.6 Å². The van der Waals surface area contributed by atoms with Gasteiger partial charge in [0.25, 0.3) is 0 Å². The highest BCUT2D eigenvalue weighted by Gasteiger charge is 2.11. The summed E-state index contributed by atoms with van der Waals surface area (Å²) in [5.41, 5.74) is 0.943. The molecule has 92 valence electrons. The van der Waals surface area contributed by atoms with Crippen LogP contribution in [0.2, 0.25) is 10.0 Å². The lowest BCUT2D eigenvalue weighted by Gasteiger charge is -2.01. The van der Waals surface area contributed by atoms with Crippen molar-refractivity contribution in [2.24, 2.45) is 0 Å². The van der Waals surface area contributed by atoms with Crippen molar-refractivity contribution in [2.75, 3.05) is 0 Å². The lowest BCUT2D eigenvalue weighted by molar-refractivity contribution is -0.130. The largest absolute Gasteiger partial charge is 0.478 e. The van der Waals surface area contributed by atoms with Gasteiger partial charge >= 0.3 is 5.97 Å². The summed E-state index contributed by atoms with van der Waals surface area (Å²) in [7, 11) is 0. The molecule has 0 unspecified atom stereocenters. The molecule has 0 aliphatic heterocycles. The summed E-state index contributed by atoms with van der Waals surface area (Å²) in [5, 5.41) is 11.9. The van der Waals surface area contributed by atoms with Crippen molar-refractivity contribution in [3.8, 4) is 0 Å². The molecule has 1 heterocycles. The van der Waals surface area contributed by atoms with Crippen LogP contribution in [0.1, 0.15) is 10.4 Å². The number of hydrogen-bond donors (Lipinski definition) is 1. The molecule has 0 bridgehead atoms. The van der Waals surface area contributed by atoms with Crippen molar-refractivity contribution in [1.29, 1.82) is 0 Å². The second-order valence-corrected chi connectivity index (χ2v) is 5.28. The fourth-order valence-electron chi connectivity index (χ4n) is 1.44. The van der Waals surface area contributed by atoms with E-state index < -0.39 is 5.97 Å². The molecule has 0 fully saturated rings. The highest BCUT2D eigenvalue weighted by molar-refractivity contribution is 7.11. The number of halogens is 2. The number of benzene rings is 1. The van der Waals surface area contributed by atoms with E-state index in [0.29, 0.717) is 20.5 Å². The van der Waals surface area contributed by atoms with E-state index in [-0.39, 0.29) is 5.57 Å². The number of aliphatic carboxylic acids is 1. The Hall–Kier alpha value is -1.29. The van der Waals surface area contributed by atoms with E-state index in [0.717, 1.165) is 0 Å². The minimum absolute atomic E-state index is 0.239. The molecule has 5 heteroatoms. The summed E-state index contributed by atoms with van der Waals surface area (Å²) < 4.78 is 0. The van der Waals surface area contributed by atoms with Gasteiger partial charge in [-0.2, -0.15) is 0 Å². The van der Waals surface area contributed by atoms with E-state index in [4.69, 9.17) is 23.2 Å². The standard InChI is InChI=1S/C13H8Cl2O2S/c14-10-4-3-8(7-11(10)15)6-9(13(16)17)12-2-1-5-18-12/h1-7H,(H,16,17). The third kappa shape index (κ3) is 2.93. The Morgan fingerprint density at radius 3 is 2.56 bits per heavy atom. The normalized spacial score (nSPS) is 11.6. The average Bonchev–Trinajstić information content (AvgIpc) is 2.83. The molecule has 1 aromatic heterocycles. The second-order valence-electron chi connectivity index (χ2n) is 3.51. The maximum absolute atomic E-state index is 11.2. The van der Waals surface area contributed by atoms with E-state index in [1.54, 1.807) is 30.3 Å². The Balaban J connectivity index is 2.45. The third-order valence-electron chi connectivity index (χ3n) is 2.27. The van der Waals surface area contributed by atoms with Crippen LogP contribution < -0.4 is 0 Å². The van der Waals surface area contributed by atoms with Crippen molar-refractivity contribution in [3.63, 3.8) is 0 Å². The van der Waals surface area contributed by atoms with Crippen molar-refractivity contribution in [3.05, 3.63) is 56.2 Å². The molecule has 2 nitrogen and oxygen atoms in total. The SMILES string of the molecule is O=C(O)C(=Cc1ccc(Cl)c(Cl)c1)c1cccs1. The van der Waals surface area contributed by atoms with Crippen LogP contribution in [0.3, 0.4) is 0 Å². The summed E-state index contributed by atoms with van der Waals surface area (Å²) in [5.74, 6) is -0.969. The molecular formula is C13H8Cl2O2S. The average molecular weight is 299 g/mol. The molecule has 18 heavy (non-hydrogen) atoms. The van der Waals surface area contributed by atoms with E-state index in [2.05, 4.69) is 0 Å². The summed E-state index contributed by atoms with van der Waals surface area (Å²) in [4.78, 5) is 11.9. The second kappa shape index (κ2) is 5.57. The van der Waals surface area contributed by atoms with Crippen molar-refractivity contribution in [1.82, 2.24) is 0 Å². The summed E-state index contributed by atoms with van der Waals surface area (Å²) in [6.07, 6.45) is 1.58. The number of carboxylic acids is 1. The van der Waals surface area contributed by atoms with Crippen LogP contribution >= 0.6 is 34.5 Å². The Kier molecular flexibility index (Phi) is 4.07. The first-order valence-electron chi connectivity index (χ1n) is 5.02. The summed E-state index contributed by atoms with van der Waals surface area (Å²) >= 11 is 13.1. The number of rotatable bonds is 3. The number of carbonyl (C=O) groups is 1. The molecule has 0 aliphatic carbocycles. The number of carboxylic acid groups (broad SMARTS) is 1. The van der Waals surface area contributed by atoms with E-state index in [1.165, 1.54) is 11.3 Å². The van der Waals surface area contributed by atoms with Gasteiger partial charge in [0.1, 0.15) is 0 Å². The van der Waals surface area contributed by atoms with Crippen LogP contribution in [0.15, 0.2) is 35.7 Å². The zero-order chi connectivity index (χ0) is 13.1. The first-order chi connectivity index (χ1) is 8.58.